The molecule has 8 aromatic rings. The summed E-state index contributed by atoms with van der Waals surface area (Å²) in [5.41, 5.74) is 5.58. The van der Waals surface area contributed by atoms with Gasteiger partial charge in [-0.25, -0.2) is 0 Å². The van der Waals surface area contributed by atoms with Gasteiger partial charge in [0.25, 0.3) is 11.8 Å². The van der Waals surface area contributed by atoms with Gasteiger partial charge in [-0.2, -0.15) is 0 Å². The Balaban J connectivity index is 1.01. The molecule has 1 aliphatic rings. The van der Waals surface area contributed by atoms with Crippen LogP contribution in [-0.2, 0) is 6.54 Å². The lowest BCUT2D eigenvalue weighted by Gasteiger charge is -2.18. The number of thiophene rings is 3. The summed E-state index contributed by atoms with van der Waals surface area (Å²) in [7, 11) is 0. The number of carbonyl (C=O) groups excluding carboxylic acids is 2. The lowest BCUT2D eigenvalue weighted by Crippen LogP contribution is -2.31. The lowest BCUT2D eigenvalue weighted by atomic mass is 10.0. The fraction of sp³-hybridized carbons (Fsp3) is 0.433. The molecule has 0 unspecified atom stereocenters. The normalized spacial score (nSPS) is 12.9. The largest absolute Gasteiger partial charge is 0.338 e. The van der Waals surface area contributed by atoms with Gasteiger partial charge in [0.1, 0.15) is 0 Å². The fourth-order valence-corrected chi connectivity index (χ4v) is 14.0. The van der Waals surface area contributed by atoms with E-state index < -0.39 is 0 Å². The first-order chi connectivity index (χ1) is 32.9. The van der Waals surface area contributed by atoms with Crippen molar-refractivity contribution in [1.29, 1.82) is 0 Å². The van der Waals surface area contributed by atoms with Gasteiger partial charge in [-0.3, -0.25) is 14.5 Å². The van der Waals surface area contributed by atoms with Crippen molar-refractivity contribution in [3.05, 3.63) is 106 Å². The first-order valence-corrected chi connectivity index (χ1v) is 28.4. The molecule has 67 heavy (non-hydrogen) atoms. The molecule has 9 rings (SSSR count). The topological polar surface area (TPSA) is 42.3 Å². The smallest absolute Gasteiger partial charge is 0.263 e. The van der Waals surface area contributed by atoms with Gasteiger partial charge < -0.3 is 4.57 Å². The predicted octanol–water partition coefficient (Wildman–Crippen LogP) is 19.3. The summed E-state index contributed by atoms with van der Waals surface area (Å²) in [4.78, 5) is 35.6. The number of carbonyl (C=O) groups is 2. The van der Waals surface area contributed by atoms with Crippen LogP contribution in [0.2, 0.25) is 0 Å². The van der Waals surface area contributed by atoms with Crippen LogP contribution in [0.5, 0.6) is 0 Å². The number of imide groups is 1. The number of amides is 2. The lowest BCUT2D eigenvalue weighted by molar-refractivity contribution is 0.0650. The van der Waals surface area contributed by atoms with Crippen molar-refractivity contribution >= 4 is 87.5 Å². The average Bonchev–Trinajstić information content (AvgIpc) is 4.17. The highest BCUT2D eigenvalue weighted by molar-refractivity contribution is 7.27. The van der Waals surface area contributed by atoms with Crippen molar-refractivity contribution in [1.82, 2.24) is 9.47 Å². The molecule has 0 aliphatic carbocycles. The third-order valence-corrected chi connectivity index (χ3v) is 17.8. The zero-order chi connectivity index (χ0) is 46.3. The van der Waals surface area contributed by atoms with E-state index >= 15 is 0 Å². The van der Waals surface area contributed by atoms with Gasteiger partial charge in [0, 0.05) is 43.0 Å². The number of aromatic nitrogens is 1. The maximum Gasteiger partial charge on any atom is 0.263 e. The maximum atomic E-state index is 14.8. The molecule has 2 amide bonds. The number of fused-ring (bicyclic) bond motifs is 8. The molecule has 5 heterocycles. The minimum atomic E-state index is -0.113. The Kier molecular flexibility index (Phi) is 15.8. The van der Waals surface area contributed by atoms with Gasteiger partial charge in [-0.05, 0) is 84.1 Å². The molecule has 0 fully saturated rings. The van der Waals surface area contributed by atoms with Crippen molar-refractivity contribution in [3.63, 3.8) is 0 Å². The second-order valence-corrected chi connectivity index (χ2v) is 22.8. The van der Waals surface area contributed by atoms with Gasteiger partial charge in [0.2, 0.25) is 0 Å². The number of rotatable bonds is 25. The Morgan fingerprint density at radius 1 is 0.418 bits per heavy atom. The highest BCUT2D eigenvalue weighted by Gasteiger charge is 2.44. The predicted molar refractivity (Wildman–Crippen MR) is 293 cm³/mol. The molecular weight excluding hydrogens is 877 g/mol. The van der Waals surface area contributed by atoms with E-state index in [-0.39, 0.29) is 11.8 Å². The maximum absolute atomic E-state index is 14.8. The van der Waals surface area contributed by atoms with E-state index in [1.807, 2.05) is 11.3 Å². The molecule has 0 saturated heterocycles. The number of aryl methyl sites for hydroxylation is 2. The number of hydrogen-bond donors (Lipinski definition) is 0. The van der Waals surface area contributed by atoms with Crippen LogP contribution >= 0.6 is 34.0 Å². The van der Waals surface area contributed by atoms with Crippen molar-refractivity contribution in [2.45, 2.75) is 163 Å². The molecule has 7 heteroatoms. The summed E-state index contributed by atoms with van der Waals surface area (Å²) in [6, 6.07) is 31.7. The van der Waals surface area contributed by atoms with Crippen molar-refractivity contribution in [2.75, 3.05) is 6.54 Å². The molecule has 0 atom stereocenters. The van der Waals surface area contributed by atoms with Crippen LogP contribution in [0.4, 0.5) is 0 Å². The van der Waals surface area contributed by atoms with Crippen LogP contribution in [0.3, 0.4) is 0 Å². The third-order valence-electron chi connectivity index (χ3n) is 14.3. The number of benzene rings is 4. The Hall–Kier alpha value is -4.56. The molecule has 4 aromatic heterocycles. The van der Waals surface area contributed by atoms with Crippen molar-refractivity contribution < 1.29 is 9.59 Å². The van der Waals surface area contributed by atoms with E-state index in [2.05, 4.69) is 117 Å². The van der Waals surface area contributed by atoms with E-state index in [9.17, 15) is 9.59 Å². The van der Waals surface area contributed by atoms with Gasteiger partial charge >= 0.3 is 0 Å². The standard InChI is InChI=1S/C60H70N2O2S3/c1-5-7-9-11-13-15-17-19-21-23-37-61-55(51-34-26-42(4)65-51)53-54(60(64)62(59(53)63)38-24-22-20-18-16-14-12-10-8-6-2)56(61)52-36-35-50(66-52)45-29-31-47-44(40-45)28-33-49-48-32-27-43-39-41(3)25-30-46(43)57(48)67-58(47)49/h25-36,39-40H,5-24,37-38H2,1-4H3. The molecule has 4 aromatic carbocycles. The molecule has 4 nitrogen and oxygen atoms in total. The zero-order valence-electron chi connectivity index (χ0n) is 40.6. The van der Waals surface area contributed by atoms with Crippen LogP contribution in [0.1, 0.15) is 173 Å². The van der Waals surface area contributed by atoms with Gasteiger partial charge in [0.15, 0.2) is 0 Å². The van der Waals surface area contributed by atoms with Gasteiger partial charge in [-0.1, -0.05) is 190 Å². The Bertz CT molecular complexity index is 2990. The number of hydrogen-bond acceptors (Lipinski definition) is 5. The molecule has 0 N–H and O–H groups in total. The van der Waals surface area contributed by atoms with Crippen LogP contribution in [-0.4, -0.2) is 27.8 Å². The van der Waals surface area contributed by atoms with E-state index in [0.29, 0.717) is 17.7 Å². The zero-order valence-corrected chi connectivity index (χ0v) is 43.0. The first kappa shape index (κ1) is 47.5. The van der Waals surface area contributed by atoms with Crippen LogP contribution in [0, 0.1) is 13.8 Å². The monoisotopic (exact) mass is 946 g/mol. The van der Waals surface area contributed by atoms with E-state index in [1.54, 1.807) is 27.6 Å². The summed E-state index contributed by atoms with van der Waals surface area (Å²) in [5.74, 6) is -0.222. The Morgan fingerprint density at radius 3 is 1.43 bits per heavy atom. The van der Waals surface area contributed by atoms with Crippen LogP contribution in [0.15, 0.2) is 84.9 Å². The summed E-state index contributed by atoms with van der Waals surface area (Å²) < 4.78 is 5.07. The molecule has 0 saturated carbocycles. The van der Waals surface area contributed by atoms with E-state index in [1.165, 1.54) is 159 Å². The molecule has 0 bridgehead atoms. The van der Waals surface area contributed by atoms with Crippen molar-refractivity contribution in [3.8, 4) is 31.6 Å². The summed E-state index contributed by atoms with van der Waals surface area (Å²) in [5, 5.41) is 7.77. The fourth-order valence-electron chi connectivity index (χ4n) is 10.7. The molecule has 350 valence electrons. The summed E-state index contributed by atoms with van der Waals surface area (Å²) >= 11 is 5.40. The van der Waals surface area contributed by atoms with Crippen LogP contribution in [0.25, 0.3) is 73.3 Å². The number of nitrogens with zero attached hydrogens (tertiary/aromatic N) is 2. The van der Waals surface area contributed by atoms with Gasteiger partial charge in [0.05, 0.1) is 32.3 Å². The highest BCUT2D eigenvalue weighted by atomic mass is 32.1. The first-order valence-electron chi connectivity index (χ1n) is 25.9. The van der Waals surface area contributed by atoms with Gasteiger partial charge in [-0.15, -0.1) is 34.0 Å². The Labute approximate surface area is 411 Å². The third kappa shape index (κ3) is 10.3. The minimum absolute atomic E-state index is 0.109. The van der Waals surface area contributed by atoms with E-state index in [0.717, 1.165) is 59.8 Å². The quantitative estimate of drug-likeness (QED) is 0.0423. The highest BCUT2D eigenvalue weighted by Crippen LogP contribution is 2.48. The second-order valence-electron chi connectivity index (χ2n) is 19.4. The summed E-state index contributed by atoms with van der Waals surface area (Å²) in [6.45, 7) is 10.1. The molecule has 0 radical (unpaired) electrons. The molecule has 1 aliphatic heterocycles. The molecular formula is C60H70N2O2S3. The van der Waals surface area contributed by atoms with Crippen LogP contribution < -0.4 is 0 Å². The van der Waals surface area contributed by atoms with Crippen molar-refractivity contribution in [2.24, 2.45) is 0 Å². The molecule has 0 spiro atoms. The average molecular weight is 947 g/mol. The minimum Gasteiger partial charge on any atom is -0.338 e. The second kappa shape index (κ2) is 22.2. The number of unbranched alkanes of at least 4 members (excludes halogenated alkanes) is 18. The summed E-state index contributed by atoms with van der Waals surface area (Å²) in [6.07, 6.45) is 24.8. The SMILES string of the molecule is CCCCCCCCCCCCN1C(=O)c2c(c(-c3ccc(-c4ccc5c(ccc6c7ccc8cc(C)ccc8c7sc56)c4)s3)n(CCCCCCCCCCCC)c2-c2ccc(C)s2)C1=O. The Morgan fingerprint density at radius 2 is 0.881 bits per heavy atom. The van der Waals surface area contributed by atoms with E-state index in [4.69, 9.17) is 0 Å².